The molecule has 0 fully saturated rings. The second-order valence-corrected chi connectivity index (χ2v) is 7.37. The third-order valence-corrected chi connectivity index (χ3v) is 5.14. The standard InChI is InChI=1S/C26H28N2O2/c1-21(26(30)27-19-23-13-7-3-8-14-23)28(20-24-15-9-4-10-16-24)25(29)18-17-22-11-5-2-6-12-22/h2-16,21H,17-20H2,1H3,(H,27,30)/t21-/m0/s1. The van der Waals surface area contributed by atoms with Gasteiger partial charge in [0.15, 0.2) is 0 Å². The summed E-state index contributed by atoms with van der Waals surface area (Å²) in [5.41, 5.74) is 3.16. The second kappa shape index (κ2) is 11.0. The molecule has 0 saturated carbocycles. The monoisotopic (exact) mass is 400 g/mol. The predicted molar refractivity (Wildman–Crippen MR) is 120 cm³/mol. The zero-order chi connectivity index (χ0) is 21.2. The fraction of sp³-hybridized carbons (Fsp3) is 0.231. The molecular formula is C26H28N2O2. The highest BCUT2D eigenvalue weighted by molar-refractivity contribution is 5.87. The van der Waals surface area contributed by atoms with Gasteiger partial charge in [-0.25, -0.2) is 0 Å². The van der Waals surface area contributed by atoms with Gasteiger partial charge in [-0.05, 0) is 30.0 Å². The van der Waals surface area contributed by atoms with Gasteiger partial charge in [-0.3, -0.25) is 9.59 Å². The summed E-state index contributed by atoms with van der Waals surface area (Å²) in [6.45, 7) is 2.65. The van der Waals surface area contributed by atoms with Crippen LogP contribution in [0.5, 0.6) is 0 Å². The van der Waals surface area contributed by atoms with E-state index in [2.05, 4.69) is 5.32 Å². The SMILES string of the molecule is C[C@@H](C(=O)NCc1ccccc1)N(Cc1ccccc1)C(=O)CCc1ccccc1. The highest BCUT2D eigenvalue weighted by Crippen LogP contribution is 2.13. The molecule has 0 aliphatic carbocycles. The molecule has 0 aromatic heterocycles. The summed E-state index contributed by atoms with van der Waals surface area (Å²) in [7, 11) is 0. The lowest BCUT2D eigenvalue weighted by atomic mass is 10.1. The predicted octanol–water partition coefficient (Wildman–Crippen LogP) is 4.35. The number of hydrogen-bond donors (Lipinski definition) is 1. The number of aryl methyl sites for hydroxylation is 1. The van der Waals surface area contributed by atoms with Crippen LogP contribution in [0.3, 0.4) is 0 Å². The van der Waals surface area contributed by atoms with Crippen molar-refractivity contribution in [1.29, 1.82) is 0 Å². The van der Waals surface area contributed by atoms with Gasteiger partial charge in [0.05, 0.1) is 0 Å². The fourth-order valence-electron chi connectivity index (χ4n) is 3.34. The maximum absolute atomic E-state index is 13.1. The zero-order valence-electron chi connectivity index (χ0n) is 17.3. The quantitative estimate of drug-likeness (QED) is 0.580. The van der Waals surface area contributed by atoms with Gasteiger partial charge in [-0.2, -0.15) is 0 Å². The molecule has 1 N–H and O–H groups in total. The van der Waals surface area contributed by atoms with Gasteiger partial charge in [0.25, 0.3) is 0 Å². The van der Waals surface area contributed by atoms with Crippen molar-refractivity contribution in [2.45, 2.75) is 38.9 Å². The van der Waals surface area contributed by atoms with Gasteiger partial charge < -0.3 is 10.2 Å². The van der Waals surface area contributed by atoms with Crippen molar-refractivity contribution < 1.29 is 9.59 Å². The first-order chi connectivity index (χ1) is 14.6. The maximum atomic E-state index is 13.1. The molecule has 3 aromatic carbocycles. The van der Waals surface area contributed by atoms with Crippen LogP contribution in [-0.2, 0) is 29.1 Å². The largest absolute Gasteiger partial charge is 0.350 e. The van der Waals surface area contributed by atoms with Gasteiger partial charge in [-0.15, -0.1) is 0 Å². The topological polar surface area (TPSA) is 49.4 Å². The first-order valence-electron chi connectivity index (χ1n) is 10.3. The van der Waals surface area contributed by atoms with Crippen molar-refractivity contribution in [3.8, 4) is 0 Å². The van der Waals surface area contributed by atoms with Gasteiger partial charge in [-0.1, -0.05) is 91.0 Å². The smallest absolute Gasteiger partial charge is 0.242 e. The van der Waals surface area contributed by atoms with E-state index >= 15 is 0 Å². The second-order valence-electron chi connectivity index (χ2n) is 7.37. The fourth-order valence-corrected chi connectivity index (χ4v) is 3.34. The van der Waals surface area contributed by atoms with Crippen molar-refractivity contribution in [2.75, 3.05) is 0 Å². The van der Waals surface area contributed by atoms with Crippen LogP contribution in [0, 0.1) is 0 Å². The van der Waals surface area contributed by atoms with Gasteiger partial charge in [0.2, 0.25) is 11.8 Å². The number of hydrogen-bond acceptors (Lipinski definition) is 2. The minimum absolute atomic E-state index is 0.0231. The molecule has 0 unspecified atom stereocenters. The molecule has 2 amide bonds. The summed E-state index contributed by atoms with van der Waals surface area (Å²) in [5, 5.41) is 2.96. The minimum Gasteiger partial charge on any atom is -0.350 e. The van der Waals surface area contributed by atoms with E-state index in [4.69, 9.17) is 0 Å². The number of carbonyl (C=O) groups is 2. The average Bonchev–Trinajstić information content (AvgIpc) is 2.81. The summed E-state index contributed by atoms with van der Waals surface area (Å²) in [6.07, 6.45) is 1.02. The summed E-state index contributed by atoms with van der Waals surface area (Å²) in [5.74, 6) is -0.173. The lowest BCUT2D eigenvalue weighted by molar-refractivity contribution is -0.140. The van der Waals surface area contributed by atoms with Gasteiger partial charge in [0, 0.05) is 19.5 Å². The molecule has 0 heterocycles. The molecule has 3 aromatic rings. The van der Waals surface area contributed by atoms with Crippen LogP contribution in [0.25, 0.3) is 0 Å². The third-order valence-electron chi connectivity index (χ3n) is 5.14. The minimum atomic E-state index is -0.558. The van der Waals surface area contributed by atoms with E-state index in [1.165, 1.54) is 0 Å². The Hall–Kier alpha value is -3.40. The Labute approximate surface area is 178 Å². The highest BCUT2D eigenvalue weighted by Gasteiger charge is 2.25. The molecule has 0 aliphatic heterocycles. The Morgan fingerprint density at radius 2 is 1.27 bits per heavy atom. The Kier molecular flexibility index (Phi) is 7.78. The molecule has 1 atom stereocenters. The Balaban J connectivity index is 1.67. The molecule has 0 bridgehead atoms. The van der Waals surface area contributed by atoms with E-state index in [0.717, 1.165) is 16.7 Å². The number of rotatable bonds is 9. The lowest BCUT2D eigenvalue weighted by Gasteiger charge is -2.29. The molecule has 0 aliphatic rings. The summed E-state index contributed by atoms with van der Waals surface area (Å²) in [6, 6.07) is 29.0. The molecule has 154 valence electrons. The van der Waals surface area contributed by atoms with Crippen molar-refractivity contribution in [1.82, 2.24) is 10.2 Å². The van der Waals surface area contributed by atoms with Crippen LogP contribution in [0.4, 0.5) is 0 Å². The van der Waals surface area contributed by atoms with E-state index in [1.54, 1.807) is 11.8 Å². The van der Waals surface area contributed by atoms with Crippen molar-refractivity contribution >= 4 is 11.8 Å². The molecule has 0 saturated heterocycles. The molecule has 3 rings (SSSR count). The van der Waals surface area contributed by atoms with Crippen LogP contribution in [-0.4, -0.2) is 22.8 Å². The van der Waals surface area contributed by atoms with Crippen molar-refractivity contribution in [3.63, 3.8) is 0 Å². The molecule has 4 nitrogen and oxygen atoms in total. The van der Waals surface area contributed by atoms with Crippen LogP contribution in [0.2, 0.25) is 0 Å². The molecule has 0 spiro atoms. The summed E-state index contributed by atoms with van der Waals surface area (Å²) >= 11 is 0. The van der Waals surface area contributed by atoms with E-state index in [9.17, 15) is 9.59 Å². The van der Waals surface area contributed by atoms with Crippen LogP contribution >= 0.6 is 0 Å². The van der Waals surface area contributed by atoms with Crippen molar-refractivity contribution in [3.05, 3.63) is 108 Å². The van der Waals surface area contributed by atoms with Crippen LogP contribution in [0.15, 0.2) is 91.0 Å². The molecule has 0 radical (unpaired) electrons. The number of carbonyl (C=O) groups excluding carboxylic acids is 2. The van der Waals surface area contributed by atoms with E-state index < -0.39 is 6.04 Å². The Morgan fingerprint density at radius 1 is 0.767 bits per heavy atom. The Bertz CT molecular complexity index is 927. The maximum Gasteiger partial charge on any atom is 0.242 e. The first kappa shape index (κ1) is 21.3. The normalized spacial score (nSPS) is 11.5. The summed E-state index contributed by atoms with van der Waals surface area (Å²) < 4.78 is 0. The van der Waals surface area contributed by atoms with Crippen LogP contribution < -0.4 is 5.32 Å². The third kappa shape index (κ3) is 6.31. The van der Waals surface area contributed by atoms with Gasteiger partial charge >= 0.3 is 0 Å². The first-order valence-corrected chi connectivity index (χ1v) is 10.3. The zero-order valence-corrected chi connectivity index (χ0v) is 17.3. The Morgan fingerprint density at radius 3 is 1.83 bits per heavy atom. The van der Waals surface area contributed by atoms with Crippen LogP contribution in [0.1, 0.15) is 30.0 Å². The number of benzene rings is 3. The molecular weight excluding hydrogens is 372 g/mol. The number of amides is 2. The van der Waals surface area contributed by atoms with E-state index in [1.807, 2.05) is 91.0 Å². The average molecular weight is 401 g/mol. The number of nitrogens with zero attached hydrogens (tertiary/aromatic N) is 1. The lowest BCUT2D eigenvalue weighted by Crippen LogP contribution is -2.47. The molecule has 30 heavy (non-hydrogen) atoms. The van der Waals surface area contributed by atoms with E-state index in [0.29, 0.717) is 25.9 Å². The molecule has 4 heteroatoms. The van der Waals surface area contributed by atoms with E-state index in [-0.39, 0.29) is 11.8 Å². The summed E-state index contributed by atoms with van der Waals surface area (Å²) in [4.78, 5) is 27.6. The number of nitrogens with one attached hydrogen (secondary N) is 1. The van der Waals surface area contributed by atoms with Crippen molar-refractivity contribution in [2.24, 2.45) is 0 Å². The highest BCUT2D eigenvalue weighted by atomic mass is 16.2. The van der Waals surface area contributed by atoms with Gasteiger partial charge in [0.1, 0.15) is 6.04 Å².